The fraction of sp³-hybridized carbons (Fsp3) is 0.261. The highest BCUT2D eigenvalue weighted by atomic mass is 16.7. The van der Waals surface area contributed by atoms with Gasteiger partial charge in [-0.05, 0) is 48.4 Å². The van der Waals surface area contributed by atoms with Crippen molar-refractivity contribution in [2.24, 2.45) is 0 Å². The van der Waals surface area contributed by atoms with Gasteiger partial charge in [0.1, 0.15) is 6.33 Å². The summed E-state index contributed by atoms with van der Waals surface area (Å²) in [6.45, 7) is 2.43. The van der Waals surface area contributed by atoms with Crippen LogP contribution in [0.1, 0.15) is 12.5 Å². The Kier molecular flexibility index (Phi) is 7.19. The fourth-order valence-electron chi connectivity index (χ4n) is 2.88. The first-order valence-corrected chi connectivity index (χ1v) is 9.29. The van der Waals surface area contributed by atoms with E-state index in [1.54, 1.807) is 33.9 Å². The molecule has 0 amide bonds. The second-order valence-electron chi connectivity index (χ2n) is 6.47. The first-order valence-electron chi connectivity index (χ1n) is 9.29. The average Bonchev–Trinajstić information content (AvgIpc) is 3.44. The van der Waals surface area contributed by atoms with Gasteiger partial charge in [0, 0.05) is 32.6 Å². The van der Waals surface area contributed by atoms with Crippen LogP contribution < -0.4 is 0 Å². The van der Waals surface area contributed by atoms with Gasteiger partial charge < -0.3 is 18.6 Å². The summed E-state index contributed by atoms with van der Waals surface area (Å²) >= 11 is 0. The van der Waals surface area contributed by atoms with Crippen molar-refractivity contribution in [3.8, 4) is 16.8 Å². The van der Waals surface area contributed by atoms with Crippen molar-refractivity contribution in [2.45, 2.75) is 19.8 Å². The molecule has 6 nitrogen and oxygen atoms in total. The van der Waals surface area contributed by atoms with Crippen LogP contribution in [0.4, 0.5) is 0 Å². The van der Waals surface area contributed by atoms with Crippen molar-refractivity contribution in [1.82, 2.24) is 9.55 Å². The quantitative estimate of drug-likeness (QED) is 0.428. The normalized spacial score (nSPS) is 10.9. The maximum absolute atomic E-state index is 5.18. The van der Waals surface area contributed by atoms with E-state index >= 15 is 0 Å². The summed E-state index contributed by atoms with van der Waals surface area (Å²) < 4.78 is 21.8. The third kappa shape index (κ3) is 5.12. The molecule has 0 saturated carbocycles. The van der Waals surface area contributed by atoms with Gasteiger partial charge in [-0.3, -0.25) is 4.57 Å². The molecule has 0 saturated heterocycles. The van der Waals surface area contributed by atoms with E-state index in [0.29, 0.717) is 6.61 Å². The van der Waals surface area contributed by atoms with E-state index in [4.69, 9.17) is 9.15 Å². The Labute approximate surface area is 170 Å². The number of hydrogen-bond acceptors (Lipinski definition) is 5. The lowest BCUT2D eigenvalue weighted by molar-refractivity contribution is -0.0877. The first-order chi connectivity index (χ1) is 14.2. The molecule has 2 heterocycles. The van der Waals surface area contributed by atoms with Gasteiger partial charge in [-0.25, -0.2) is 4.98 Å². The average molecular weight is 394 g/mol. The van der Waals surface area contributed by atoms with E-state index < -0.39 is 0 Å². The minimum absolute atomic E-state index is 0.0648. The van der Waals surface area contributed by atoms with Crippen LogP contribution in [0.25, 0.3) is 27.8 Å². The number of methoxy groups -OCH3 is 3. The molecule has 4 rings (SSSR count). The van der Waals surface area contributed by atoms with Crippen LogP contribution in [0.5, 0.6) is 0 Å². The molecule has 0 spiro atoms. The molecule has 2 aromatic carbocycles. The predicted molar refractivity (Wildman–Crippen MR) is 113 cm³/mol. The number of furan rings is 1. The number of imidazole rings is 1. The Morgan fingerprint density at radius 3 is 2.48 bits per heavy atom. The third-order valence-corrected chi connectivity index (χ3v) is 4.57. The molecule has 29 heavy (non-hydrogen) atoms. The van der Waals surface area contributed by atoms with Gasteiger partial charge in [0.2, 0.25) is 0 Å². The number of aromatic nitrogens is 2. The molecule has 4 aromatic rings. The largest absolute Gasteiger partial charge is 0.472 e. The van der Waals surface area contributed by atoms with Crippen molar-refractivity contribution >= 4 is 11.0 Å². The van der Waals surface area contributed by atoms with Gasteiger partial charge in [-0.15, -0.1) is 0 Å². The second kappa shape index (κ2) is 10.0. The van der Waals surface area contributed by atoms with Gasteiger partial charge in [0.25, 0.3) is 0 Å². The lowest BCUT2D eigenvalue weighted by Gasteiger charge is -2.07. The number of fused-ring (bicyclic) bond motifs is 1. The molecule has 152 valence electrons. The second-order valence-corrected chi connectivity index (χ2v) is 6.47. The van der Waals surface area contributed by atoms with Crippen LogP contribution >= 0.6 is 0 Å². The van der Waals surface area contributed by atoms with Crippen LogP contribution in [-0.2, 0) is 20.8 Å². The van der Waals surface area contributed by atoms with Crippen LogP contribution in [-0.4, -0.2) is 37.2 Å². The highest BCUT2D eigenvalue weighted by Crippen LogP contribution is 2.25. The molecule has 0 unspecified atom stereocenters. The molecule has 0 bridgehead atoms. The summed E-state index contributed by atoms with van der Waals surface area (Å²) in [6.07, 6.45) is 5.23. The van der Waals surface area contributed by atoms with Crippen LogP contribution in [0.3, 0.4) is 0 Å². The SMILES string of the molecule is COC(C)OC.COCc1ccc2c(c1)ncn2-c1cccc(-c2ccoc2)c1. The van der Waals surface area contributed by atoms with Crippen molar-refractivity contribution in [3.05, 3.63) is 72.9 Å². The summed E-state index contributed by atoms with van der Waals surface area (Å²) in [6, 6.07) is 16.5. The molecular formula is C23H26N2O4. The zero-order chi connectivity index (χ0) is 20.6. The van der Waals surface area contributed by atoms with E-state index in [1.165, 1.54) is 0 Å². The van der Waals surface area contributed by atoms with Crippen LogP contribution in [0.15, 0.2) is 71.8 Å². The standard InChI is InChI=1S/C19H16N2O2.C4H10O2/c1-22-11-14-5-6-19-18(9-14)20-13-21(19)17-4-2-3-15(10-17)16-7-8-23-12-16;1-4(5-2)6-3/h2-10,12-13H,11H2,1H3;4H,1-3H3. The summed E-state index contributed by atoms with van der Waals surface area (Å²) in [5.74, 6) is 0. The number of ether oxygens (including phenoxy) is 3. The van der Waals surface area contributed by atoms with Gasteiger partial charge in [0.15, 0.2) is 6.29 Å². The van der Waals surface area contributed by atoms with Gasteiger partial charge >= 0.3 is 0 Å². The number of nitrogens with zero attached hydrogens (tertiary/aromatic N) is 2. The predicted octanol–water partition coefficient (Wildman–Crippen LogP) is 5.06. The van der Waals surface area contributed by atoms with E-state index in [0.717, 1.165) is 33.4 Å². The zero-order valence-electron chi connectivity index (χ0n) is 17.2. The Morgan fingerprint density at radius 2 is 1.83 bits per heavy atom. The van der Waals surface area contributed by atoms with Crippen molar-refractivity contribution in [3.63, 3.8) is 0 Å². The Hall–Kier alpha value is -2.93. The maximum Gasteiger partial charge on any atom is 0.154 e. The highest BCUT2D eigenvalue weighted by molar-refractivity contribution is 5.78. The molecule has 0 atom stereocenters. The molecule has 0 radical (unpaired) electrons. The number of rotatable bonds is 6. The summed E-state index contributed by atoms with van der Waals surface area (Å²) in [5.41, 5.74) is 6.43. The number of benzene rings is 2. The van der Waals surface area contributed by atoms with Crippen molar-refractivity contribution in [2.75, 3.05) is 21.3 Å². The molecule has 0 aliphatic heterocycles. The topological polar surface area (TPSA) is 58.6 Å². The summed E-state index contributed by atoms with van der Waals surface area (Å²) in [7, 11) is 4.91. The van der Waals surface area contributed by atoms with Gasteiger partial charge in [0.05, 0.1) is 30.2 Å². The fourth-order valence-corrected chi connectivity index (χ4v) is 2.88. The maximum atomic E-state index is 5.18. The van der Waals surface area contributed by atoms with Crippen LogP contribution in [0.2, 0.25) is 0 Å². The molecule has 2 aromatic heterocycles. The molecule has 0 N–H and O–H groups in total. The van der Waals surface area contributed by atoms with E-state index in [-0.39, 0.29) is 6.29 Å². The first kappa shape index (κ1) is 20.8. The summed E-state index contributed by atoms with van der Waals surface area (Å²) in [5, 5.41) is 0. The minimum Gasteiger partial charge on any atom is -0.472 e. The van der Waals surface area contributed by atoms with E-state index in [9.17, 15) is 0 Å². The Bertz CT molecular complexity index is 1020. The third-order valence-electron chi connectivity index (χ3n) is 4.57. The minimum atomic E-state index is -0.0648. The van der Waals surface area contributed by atoms with E-state index in [2.05, 4.69) is 55.4 Å². The van der Waals surface area contributed by atoms with Gasteiger partial charge in [-0.2, -0.15) is 0 Å². The lowest BCUT2D eigenvalue weighted by Crippen LogP contribution is -2.05. The smallest absolute Gasteiger partial charge is 0.154 e. The Balaban J connectivity index is 0.000000353. The molecule has 6 heteroatoms. The lowest BCUT2D eigenvalue weighted by atomic mass is 10.1. The monoisotopic (exact) mass is 394 g/mol. The van der Waals surface area contributed by atoms with Gasteiger partial charge in [-0.1, -0.05) is 18.2 Å². The zero-order valence-corrected chi connectivity index (χ0v) is 17.2. The van der Waals surface area contributed by atoms with Crippen molar-refractivity contribution < 1.29 is 18.6 Å². The van der Waals surface area contributed by atoms with E-state index in [1.807, 2.05) is 25.4 Å². The number of hydrogen-bond donors (Lipinski definition) is 0. The molecular weight excluding hydrogens is 368 g/mol. The van der Waals surface area contributed by atoms with Crippen molar-refractivity contribution in [1.29, 1.82) is 0 Å². The summed E-state index contributed by atoms with van der Waals surface area (Å²) in [4.78, 5) is 4.52. The Morgan fingerprint density at radius 1 is 1.00 bits per heavy atom. The molecule has 0 fully saturated rings. The van der Waals surface area contributed by atoms with Crippen LogP contribution in [0, 0.1) is 0 Å². The highest BCUT2D eigenvalue weighted by Gasteiger charge is 2.07. The molecule has 0 aliphatic rings. The molecule has 0 aliphatic carbocycles.